The molecule has 1 aromatic heterocycles. The van der Waals surface area contributed by atoms with Crippen LogP contribution in [0, 0.1) is 17.8 Å². The highest BCUT2D eigenvalue weighted by Gasteiger charge is 2.53. The van der Waals surface area contributed by atoms with Crippen LogP contribution < -0.4 is 16.0 Å². The molecule has 220 valence electrons. The first kappa shape index (κ1) is 32.9. The van der Waals surface area contributed by atoms with Crippen molar-refractivity contribution in [3.63, 3.8) is 0 Å². The molecule has 2 rings (SSSR count). The summed E-state index contributed by atoms with van der Waals surface area (Å²) >= 11 is 0. The molecule has 1 aromatic rings. The highest BCUT2D eigenvalue weighted by molar-refractivity contribution is 6.43. The van der Waals surface area contributed by atoms with Gasteiger partial charge in [-0.2, -0.15) is 0 Å². The van der Waals surface area contributed by atoms with E-state index in [0.717, 1.165) is 0 Å². The highest BCUT2D eigenvalue weighted by Crippen LogP contribution is 2.33. The van der Waals surface area contributed by atoms with Crippen molar-refractivity contribution in [2.24, 2.45) is 17.8 Å². The second-order valence-electron chi connectivity index (χ2n) is 11.3. The first-order chi connectivity index (χ1) is 18.7. The van der Waals surface area contributed by atoms with Crippen molar-refractivity contribution >= 4 is 30.7 Å². The van der Waals surface area contributed by atoms with Gasteiger partial charge in [-0.15, -0.1) is 6.58 Å². The smallest absolute Gasteiger partial charge is 0.426 e. The van der Waals surface area contributed by atoms with Crippen LogP contribution in [0.5, 0.6) is 0 Å². The van der Waals surface area contributed by atoms with Crippen molar-refractivity contribution in [3.8, 4) is 0 Å². The lowest BCUT2D eigenvalue weighted by molar-refractivity contribution is -0.144. The third-order valence-corrected chi connectivity index (χ3v) is 7.23. The van der Waals surface area contributed by atoms with Crippen LogP contribution in [-0.2, 0) is 14.4 Å². The van der Waals surface area contributed by atoms with Gasteiger partial charge in [0.05, 0.1) is 12.1 Å². The van der Waals surface area contributed by atoms with E-state index in [9.17, 15) is 29.2 Å². The van der Waals surface area contributed by atoms with Crippen molar-refractivity contribution in [1.29, 1.82) is 0 Å². The number of rotatable bonds is 14. The van der Waals surface area contributed by atoms with E-state index in [1.807, 2.05) is 27.7 Å². The lowest BCUT2D eigenvalue weighted by Gasteiger charge is -2.36. The van der Waals surface area contributed by atoms with Crippen LogP contribution in [0.4, 0.5) is 0 Å². The summed E-state index contributed by atoms with van der Waals surface area (Å²) < 4.78 is 0. The fraction of sp³-hybridized carbons (Fsp3) is 0.630. The molecule has 5 N–H and O–H groups in total. The van der Waals surface area contributed by atoms with Gasteiger partial charge in [-0.3, -0.25) is 24.2 Å². The van der Waals surface area contributed by atoms with Gasteiger partial charge in [0.25, 0.3) is 5.91 Å². The zero-order valence-electron chi connectivity index (χ0n) is 24.3. The molecule has 13 heteroatoms. The lowest BCUT2D eigenvalue weighted by Crippen LogP contribution is -2.63. The summed E-state index contributed by atoms with van der Waals surface area (Å²) in [6, 6.07) is -1.83. The fourth-order valence-corrected chi connectivity index (χ4v) is 4.85. The van der Waals surface area contributed by atoms with E-state index in [0.29, 0.717) is 6.42 Å². The lowest BCUT2D eigenvalue weighted by atomic mass is 9.77. The summed E-state index contributed by atoms with van der Waals surface area (Å²) in [4.78, 5) is 63.0. The molecule has 1 saturated heterocycles. The number of hydrogen-bond acceptors (Lipinski definition) is 8. The summed E-state index contributed by atoms with van der Waals surface area (Å²) in [5, 5.41) is 27.6. The molecule has 1 aliphatic rings. The monoisotopic (exact) mass is 558 g/mol. The normalized spacial score (nSPS) is 19.4. The minimum absolute atomic E-state index is 0.0470. The quantitative estimate of drug-likeness (QED) is 0.162. The van der Waals surface area contributed by atoms with E-state index in [-0.39, 0.29) is 42.8 Å². The van der Waals surface area contributed by atoms with Crippen molar-refractivity contribution < 1.29 is 29.2 Å². The molecule has 0 radical (unpaired) electrons. The zero-order valence-corrected chi connectivity index (χ0v) is 24.3. The Bertz CT molecular complexity index is 1050. The molecular formula is C27H43BN6O6. The number of nitrogens with one attached hydrogen (secondary N) is 3. The Morgan fingerprint density at radius 3 is 2.30 bits per heavy atom. The van der Waals surface area contributed by atoms with Gasteiger partial charge >= 0.3 is 7.12 Å². The first-order valence-corrected chi connectivity index (χ1v) is 13.7. The average Bonchev–Trinajstić information content (AvgIpc) is 3.21. The van der Waals surface area contributed by atoms with Gasteiger partial charge < -0.3 is 30.9 Å². The second-order valence-corrected chi connectivity index (χ2v) is 11.3. The summed E-state index contributed by atoms with van der Waals surface area (Å²) in [6.45, 7) is 14.9. The van der Waals surface area contributed by atoms with E-state index in [1.165, 1.54) is 29.6 Å². The maximum Gasteiger partial charge on any atom is 0.475 e. The van der Waals surface area contributed by atoms with Crippen LogP contribution in [0.1, 0.15) is 71.3 Å². The van der Waals surface area contributed by atoms with Crippen LogP contribution in [0.25, 0.3) is 0 Å². The number of nitrogens with zero attached hydrogens (tertiary/aromatic N) is 3. The fourth-order valence-electron chi connectivity index (χ4n) is 4.85. The molecule has 2 heterocycles. The summed E-state index contributed by atoms with van der Waals surface area (Å²) in [5.41, 5.74) is -1.23. The molecule has 40 heavy (non-hydrogen) atoms. The maximum absolute atomic E-state index is 14.0. The van der Waals surface area contributed by atoms with E-state index >= 15 is 0 Å². The van der Waals surface area contributed by atoms with E-state index in [1.54, 1.807) is 13.8 Å². The third kappa shape index (κ3) is 7.88. The number of aromatic nitrogens is 2. The third-order valence-electron chi connectivity index (χ3n) is 7.23. The first-order valence-electron chi connectivity index (χ1n) is 13.7. The van der Waals surface area contributed by atoms with Crippen LogP contribution in [0.15, 0.2) is 31.2 Å². The topological polar surface area (TPSA) is 174 Å². The average molecular weight is 558 g/mol. The van der Waals surface area contributed by atoms with Gasteiger partial charge in [0.15, 0.2) is 0 Å². The molecule has 4 atom stereocenters. The number of carbonyl (C=O) groups excluding carboxylic acids is 4. The largest absolute Gasteiger partial charge is 0.475 e. The van der Waals surface area contributed by atoms with E-state index in [2.05, 4.69) is 32.5 Å². The molecule has 0 bridgehead atoms. The Balaban J connectivity index is 2.31. The molecule has 0 aliphatic carbocycles. The zero-order chi connectivity index (χ0) is 30.2. The Morgan fingerprint density at radius 2 is 1.80 bits per heavy atom. The van der Waals surface area contributed by atoms with Crippen molar-refractivity contribution in [3.05, 3.63) is 36.9 Å². The predicted molar refractivity (Wildman–Crippen MR) is 150 cm³/mol. The number of amides is 4. The van der Waals surface area contributed by atoms with E-state index < -0.39 is 54.3 Å². The Morgan fingerprint density at radius 1 is 1.12 bits per heavy atom. The summed E-state index contributed by atoms with van der Waals surface area (Å²) in [5.74, 6) is -3.54. The summed E-state index contributed by atoms with van der Waals surface area (Å²) in [7, 11) is -1.80. The standard InChI is InChI=1S/C27H43BN6O6/c1-8-9-21(28(39)40)31-24(36)20(14-16(2)3)34-13-10-27(18(6)7,26(34)38)33-25(37)22(17(4)5)32-23(35)19-15-29-11-12-30-19/h8,11-12,15-18,20-22,39-40H,1,9-10,13-14H2,2-7H3,(H,31,36)(H,32,35)(H,33,37)/t20-,21?,22?,27?/m0/s1. The van der Waals surface area contributed by atoms with Crippen LogP contribution in [-0.4, -0.2) is 85.8 Å². The van der Waals surface area contributed by atoms with Gasteiger partial charge in [-0.1, -0.05) is 47.6 Å². The number of likely N-dealkylation sites (tertiary alicyclic amines) is 1. The molecule has 0 spiro atoms. The number of hydrogen-bond donors (Lipinski definition) is 5. The van der Waals surface area contributed by atoms with Gasteiger partial charge in [-0.25, -0.2) is 4.98 Å². The maximum atomic E-state index is 14.0. The summed E-state index contributed by atoms with van der Waals surface area (Å²) in [6.07, 6.45) is 6.32. The minimum Gasteiger partial charge on any atom is -0.426 e. The Kier molecular flexibility index (Phi) is 11.8. The van der Waals surface area contributed by atoms with Gasteiger partial charge in [0, 0.05) is 18.9 Å². The molecule has 3 unspecified atom stereocenters. The molecule has 0 saturated carbocycles. The van der Waals surface area contributed by atoms with Crippen LogP contribution >= 0.6 is 0 Å². The van der Waals surface area contributed by atoms with E-state index in [4.69, 9.17) is 0 Å². The van der Waals surface area contributed by atoms with Crippen molar-refractivity contribution in [2.75, 3.05) is 6.54 Å². The number of carbonyl (C=O) groups is 4. The van der Waals surface area contributed by atoms with Crippen LogP contribution in [0.3, 0.4) is 0 Å². The molecule has 0 aromatic carbocycles. The second kappa shape index (κ2) is 14.4. The Hall–Kier alpha value is -3.32. The SMILES string of the molecule is C=CCC(NC(=O)[C@H](CC(C)C)N1CCC(NC(=O)C(NC(=O)c2cnccn2)C(C)C)(C(C)C)C1=O)B(O)O. The predicted octanol–water partition coefficient (Wildman–Crippen LogP) is 0.462. The molecular weight excluding hydrogens is 515 g/mol. The Labute approximate surface area is 236 Å². The molecule has 12 nitrogen and oxygen atoms in total. The van der Waals surface area contributed by atoms with Crippen molar-refractivity contribution in [2.45, 2.75) is 84.4 Å². The van der Waals surface area contributed by atoms with Gasteiger partial charge in [-0.05, 0) is 37.0 Å². The molecule has 1 fully saturated rings. The van der Waals surface area contributed by atoms with Crippen molar-refractivity contribution in [1.82, 2.24) is 30.8 Å². The van der Waals surface area contributed by atoms with Crippen LogP contribution in [0.2, 0.25) is 0 Å². The minimum atomic E-state index is -1.80. The van der Waals surface area contributed by atoms with Gasteiger partial charge in [0.1, 0.15) is 23.3 Å². The molecule has 1 aliphatic heterocycles. The molecule has 4 amide bonds. The highest BCUT2D eigenvalue weighted by atomic mass is 16.4. The van der Waals surface area contributed by atoms with Gasteiger partial charge in [0.2, 0.25) is 17.7 Å².